The second-order valence-corrected chi connectivity index (χ2v) is 10.1. The molecule has 2 saturated heterocycles. The Kier molecular flexibility index (Phi) is 5.46. The number of benzene rings is 1. The molecule has 8 heteroatoms. The third-order valence-corrected chi connectivity index (χ3v) is 7.07. The van der Waals surface area contributed by atoms with Crippen molar-refractivity contribution in [3.63, 3.8) is 0 Å². The van der Waals surface area contributed by atoms with Crippen molar-refractivity contribution in [2.24, 2.45) is 5.41 Å². The number of rotatable bonds is 5. The van der Waals surface area contributed by atoms with Crippen molar-refractivity contribution < 1.29 is 18.0 Å². The highest BCUT2D eigenvalue weighted by atomic mass is 32.2. The van der Waals surface area contributed by atoms with Gasteiger partial charge in [-0.3, -0.25) is 9.59 Å². The Morgan fingerprint density at radius 3 is 2.26 bits per heavy atom. The standard InChI is InChI=1S/C19H27N3O4S/c1-19(2,18(24)21-15-9-12-27(25,26)13-15)17(23)20-14-5-7-16(8-6-14)22-10-3-4-11-22/h5-8,15H,3-4,9-13H2,1-2H3,(H,20,23)(H,21,24). The number of carbonyl (C=O) groups excluding carboxylic acids is 2. The Hall–Kier alpha value is -2.09. The largest absolute Gasteiger partial charge is 0.372 e. The van der Waals surface area contributed by atoms with Crippen molar-refractivity contribution >= 4 is 33.0 Å². The van der Waals surface area contributed by atoms with Gasteiger partial charge in [0.25, 0.3) is 0 Å². The molecule has 2 aliphatic heterocycles. The zero-order valence-corrected chi connectivity index (χ0v) is 16.6. The van der Waals surface area contributed by atoms with E-state index in [4.69, 9.17) is 0 Å². The van der Waals surface area contributed by atoms with Crippen molar-refractivity contribution in [3.05, 3.63) is 24.3 Å². The SMILES string of the molecule is CC(C)(C(=O)Nc1ccc(N2CCCC2)cc1)C(=O)NC1CCS(=O)(=O)C1. The van der Waals surface area contributed by atoms with Crippen molar-refractivity contribution in [2.45, 2.75) is 39.2 Å². The average Bonchev–Trinajstić information content (AvgIpc) is 3.25. The average molecular weight is 394 g/mol. The Balaban J connectivity index is 1.59. The summed E-state index contributed by atoms with van der Waals surface area (Å²) in [6.07, 6.45) is 2.79. The summed E-state index contributed by atoms with van der Waals surface area (Å²) < 4.78 is 23.1. The molecular weight excluding hydrogens is 366 g/mol. The number of nitrogens with one attached hydrogen (secondary N) is 2. The fourth-order valence-corrected chi connectivity index (χ4v) is 5.07. The number of hydrogen-bond acceptors (Lipinski definition) is 5. The number of anilines is 2. The van der Waals surface area contributed by atoms with Crippen LogP contribution >= 0.6 is 0 Å². The van der Waals surface area contributed by atoms with E-state index >= 15 is 0 Å². The topological polar surface area (TPSA) is 95.6 Å². The van der Waals surface area contributed by atoms with Gasteiger partial charge in [-0.05, 0) is 57.4 Å². The van der Waals surface area contributed by atoms with Crippen molar-refractivity contribution in [1.82, 2.24) is 5.32 Å². The van der Waals surface area contributed by atoms with Crippen LogP contribution in [0.1, 0.15) is 33.1 Å². The minimum atomic E-state index is -3.09. The zero-order chi connectivity index (χ0) is 19.7. The van der Waals surface area contributed by atoms with Gasteiger partial charge < -0.3 is 15.5 Å². The van der Waals surface area contributed by atoms with Gasteiger partial charge in [0, 0.05) is 30.5 Å². The summed E-state index contributed by atoms with van der Waals surface area (Å²) in [7, 11) is -3.09. The van der Waals surface area contributed by atoms with Gasteiger partial charge >= 0.3 is 0 Å². The number of amides is 2. The molecule has 2 N–H and O–H groups in total. The zero-order valence-electron chi connectivity index (χ0n) is 15.8. The van der Waals surface area contributed by atoms with E-state index in [0.717, 1.165) is 18.8 Å². The Bertz CT molecular complexity index is 812. The summed E-state index contributed by atoms with van der Waals surface area (Å²) >= 11 is 0. The van der Waals surface area contributed by atoms with Crippen LogP contribution in [0.2, 0.25) is 0 Å². The van der Waals surface area contributed by atoms with E-state index in [9.17, 15) is 18.0 Å². The fourth-order valence-electron chi connectivity index (χ4n) is 3.40. The fraction of sp³-hybridized carbons (Fsp3) is 0.579. The van der Waals surface area contributed by atoms with Crippen LogP contribution in [-0.2, 0) is 19.4 Å². The second kappa shape index (κ2) is 7.50. The third-order valence-electron chi connectivity index (χ3n) is 5.30. The summed E-state index contributed by atoms with van der Waals surface area (Å²) in [4.78, 5) is 27.4. The lowest BCUT2D eigenvalue weighted by molar-refractivity contribution is -0.138. The van der Waals surface area contributed by atoms with Gasteiger partial charge in [0.1, 0.15) is 5.41 Å². The molecule has 148 valence electrons. The lowest BCUT2D eigenvalue weighted by Crippen LogP contribution is -2.48. The quantitative estimate of drug-likeness (QED) is 0.740. The summed E-state index contributed by atoms with van der Waals surface area (Å²) in [6, 6.07) is 7.19. The van der Waals surface area contributed by atoms with Gasteiger partial charge in [-0.1, -0.05) is 0 Å². The smallest absolute Gasteiger partial charge is 0.239 e. The minimum absolute atomic E-state index is 0.0611. The second-order valence-electron chi connectivity index (χ2n) is 7.89. The van der Waals surface area contributed by atoms with Crippen LogP contribution in [0.3, 0.4) is 0 Å². The molecule has 0 spiro atoms. The highest BCUT2D eigenvalue weighted by Crippen LogP contribution is 2.24. The van der Waals surface area contributed by atoms with Crippen molar-refractivity contribution in [1.29, 1.82) is 0 Å². The van der Waals surface area contributed by atoms with E-state index in [1.165, 1.54) is 12.8 Å². The van der Waals surface area contributed by atoms with Gasteiger partial charge in [-0.15, -0.1) is 0 Å². The van der Waals surface area contributed by atoms with Crippen LogP contribution in [0.25, 0.3) is 0 Å². The van der Waals surface area contributed by atoms with E-state index in [1.54, 1.807) is 13.8 Å². The van der Waals surface area contributed by atoms with Gasteiger partial charge in [-0.2, -0.15) is 0 Å². The predicted molar refractivity (Wildman–Crippen MR) is 106 cm³/mol. The first-order valence-electron chi connectivity index (χ1n) is 9.35. The Labute approximate surface area is 160 Å². The van der Waals surface area contributed by atoms with Crippen LogP contribution in [0.4, 0.5) is 11.4 Å². The molecule has 2 amide bonds. The normalized spacial score (nSPS) is 21.9. The molecule has 2 aliphatic rings. The van der Waals surface area contributed by atoms with Crippen LogP contribution in [0.5, 0.6) is 0 Å². The van der Waals surface area contributed by atoms with Crippen LogP contribution < -0.4 is 15.5 Å². The summed E-state index contributed by atoms with van der Waals surface area (Å²) in [6.45, 7) is 5.19. The van der Waals surface area contributed by atoms with E-state index in [-0.39, 0.29) is 11.5 Å². The van der Waals surface area contributed by atoms with E-state index in [1.807, 2.05) is 24.3 Å². The maximum Gasteiger partial charge on any atom is 0.239 e. The van der Waals surface area contributed by atoms with Crippen molar-refractivity contribution in [2.75, 3.05) is 34.8 Å². The molecule has 1 atom stereocenters. The summed E-state index contributed by atoms with van der Waals surface area (Å²) in [5.74, 6) is -0.868. The maximum atomic E-state index is 12.6. The molecule has 1 unspecified atom stereocenters. The molecule has 2 fully saturated rings. The highest BCUT2D eigenvalue weighted by Gasteiger charge is 2.39. The number of hydrogen-bond donors (Lipinski definition) is 2. The van der Waals surface area contributed by atoms with Crippen LogP contribution in [0, 0.1) is 5.41 Å². The minimum Gasteiger partial charge on any atom is -0.372 e. The molecule has 3 rings (SSSR count). The number of sulfone groups is 1. The van der Waals surface area contributed by atoms with E-state index in [0.29, 0.717) is 12.1 Å². The van der Waals surface area contributed by atoms with Crippen molar-refractivity contribution in [3.8, 4) is 0 Å². The molecule has 2 heterocycles. The molecule has 0 saturated carbocycles. The Morgan fingerprint density at radius 1 is 1.07 bits per heavy atom. The molecule has 0 aliphatic carbocycles. The molecule has 1 aromatic rings. The number of nitrogens with zero attached hydrogens (tertiary/aromatic N) is 1. The Morgan fingerprint density at radius 2 is 1.70 bits per heavy atom. The van der Waals surface area contributed by atoms with Gasteiger partial charge in [0.05, 0.1) is 11.5 Å². The molecule has 0 bridgehead atoms. The molecule has 1 aromatic carbocycles. The highest BCUT2D eigenvalue weighted by molar-refractivity contribution is 7.91. The molecule has 0 aromatic heterocycles. The first-order valence-corrected chi connectivity index (χ1v) is 11.2. The molecule has 7 nitrogen and oxygen atoms in total. The molecule has 27 heavy (non-hydrogen) atoms. The lowest BCUT2D eigenvalue weighted by Gasteiger charge is -2.25. The molecular formula is C19H27N3O4S. The summed E-state index contributed by atoms with van der Waals surface area (Å²) in [5.41, 5.74) is 0.456. The van der Waals surface area contributed by atoms with Crippen LogP contribution in [0.15, 0.2) is 24.3 Å². The first-order chi connectivity index (χ1) is 12.7. The van der Waals surface area contributed by atoms with E-state index < -0.39 is 33.1 Å². The first kappa shape index (κ1) is 19.7. The third kappa shape index (κ3) is 4.61. The maximum absolute atomic E-state index is 12.6. The van der Waals surface area contributed by atoms with E-state index in [2.05, 4.69) is 15.5 Å². The summed E-state index contributed by atoms with van der Waals surface area (Å²) in [5, 5.41) is 5.49. The predicted octanol–water partition coefficient (Wildman–Crippen LogP) is 1.55. The van der Waals surface area contributed by atoms with Gasteiger partial charge in [0.2, 0.25) is 11.8 Å². The lowest BCUT2D eigenvalue weighted by atomic mass is 9.90. The van der Waals surface area contributed by atoms with Crippen LogP contribution in [-0.4, -0.2) is 50.9 Å². The monoisotopic (exact) mass is 393 g/mol. The van der Waals surface area contributed by atoms with Gasteiger partial charge in [0.15, 0.2) is 9.84 Å². The molecule has 0 radical (unpaired) electrons. The number of carbonyl (C=O) groups is 2. The van der Waals surface area contributed by atoms with Gasteiger partial charge in [-0.25, -0.2) is 8.42 Å².